The highest BCUT2D eigenvalue weighted by molar-refractivity contribution is 5.85. The molecule has 0 radical (unpaired) electrons. The Morgan fingerprint density at radius 3 is 2.57 bits per heavy atom. The first-order valence-corrected chi connectivity index (χ1v) is 7.07. The molecule has 1 aromatic heterocycles. The van der Waals surface area contributed by atoms with Crippen molar-refractivity contribution in [3.8, 4) is 11.5 Å². The molecule has 3 nitrogen and oxygen atoms in total. The number of fused-ring (bicyclic) bond motifs is 1. The standard InChI is InChI=1S/C18H18N2O/c1-13(19-2)14-8-10-15(11-9-14)21-18-7-3-6-17-16(18)5-4-12-20-17/h3-13,19H,1-2H3. The number of hydrogen-bond donors (Lipinski definition) is 1. The highest BCUT2D eigenvalue weighted by Gasteiger charge is 2.05. The van der Waals surface area contributed by atoms with Crippen LogP contribution >= 0.6 is 0 Å². The Bertz CT molecular complexity index is 732. The molecule has 1 heterocycles. The molecule has 2 aromatic carbocycles. The van der Waals surface area contributed by atoms with Gasteiger partial charge in [-0.25, -0.2) is 0 Å². The normalized spacial score (nSPS) is 12.3. The Hall–Kier alpha value is -2.39. The molecule has 1 unspecified atom stereocenters. The minimum atomic E-state index is 0.334. The summed E-state index contributed by atoms with van der Waals surface area (Å²) in [4.78, 5) is 4.34. The maximum Gasteiger partial charge on any atom is 0.136 e. The van der Waals surface area contributed by atoms with Gasteiger partial charge in [-0.1, -0.05) is 18.2 Å². The number of aromatic nitrogens is 1. The Labute approximate surface area is 124 Å². The maximum atomic E-state index is 6.00. The Morgan fingerprint density at radius 2 is 1.81 bits per heavy atom. The van der Waals surface area contributed by atoms with Crippen LogP contribution in [0.25, 0.3) is 10.9 Å². The number of hydrogen-bond acceptors (Lipinski definition) is 3. The lowest BCUT2D eigenvalue weighted by atomic mass is 10.1. The second-order valence-electron chi connectivity index (χ2n) is 5.01. The van der Waals surface area contributed by atoms with E-state index in [1.165, 1.54) is 5.56 Å². The van der Waals surface area contributed by atoms with Gasteiger partial charge in [-0.2, -0.15) is 0 Å². The molecule has 0 spiro atoms. The molecular formula is C18H18N2O. The zero-order valence-electron chi connectivity index (χ0n) is 12.2. The van der Waals surface area contributed by atoms with Crippen LogP contribution < -0.4 is 10.1 Å². The van der Waals surface area contributed by atoms with Crippen molar-refractivity contribution in [3.05, 3.63) is 66.4 Å². The van der Waals surface area contributed by atoms with Gasteiger partial charge in [0.2, 0.25) is 0 Å². The fourth-order valence-electron chi connectivity index (χ4n) is 2.28. The summed E-state index contributed by atoms with van der Waals surface area (Å²) < 4.78 is 6.00. The molecule has 106 valence electrons. The van der Waals surface area contributed by atoms with Crippen molar-refractivity contribution in [2.45, 2.75) is 13.0 Å². The highest BCUT2D eigenvalue weighted by atomic mass is 16.5. The van der Waals surface area contributed by atoms with Crippen LogP contribution in [0.5, 0.6) is 11.5 Å². The first kappa shape index (κ1) is 13.6. The van der Waals surface area contributed by atoms with E-state index in [0.29, 0.717) is 6.04 Å². The summed E-state index contributed by atoms with van der Waals surface area (Å²) in [5.41, 5.74) is 2.18. The van der Waals surface area contributed by atoms with Gasteiger partial charge in [0.1, 0.15) is 11.5 Å². The van der Waals surface area contributed by atoms with Gasteiger partial charge in [0.05, 0.1) is 5.52 Å². The van der Waals surface area contributed by atoms with Crippen molar-refractivity contribution in [3.63, 3.8) is 0 Å². The summed E-state index contributed by atoms with van der Waals surface area (Å²) in [5, 5.41) is 4.25. The highest BCUT2D eigenvalue weighted by Crippen LogP contribution is 2.29. The predicted molar refractivity (Wildman–Crippen MR) is 85.7 cm³/mol. The monoisotopic (exact) mass is 278 g/mol. The van der Waals surface area contributed by atoms with E-state index in [-0.39, 0.29) is 0 Å². The second-order valence-corrected chi connectivity index (χ2v) is 5.01. The quantitative estimate of drug-likeness (QED) is 0.772. The topological polar surface area (TPSA) is 34.1 Å². The lowest BCUT2D eigenvalue weighted by Gasteiger charge is -2.12. The molecular weight excluding hydrogens is 260 g/mol. The van der Waals surface area contributed by atoms with Gasteiger partial charge < -0.3 is 10.1 Å². The zero-order chi connectivity index (χ0) is 14.7. The van der Waals surface area contributed by atoms with Crippen molar-refractivity contribution >= 4 is 10.9 Å². The van der Waals surface area contributed by atoms with Crippen molar-refractivity contribution in [2.24, 2.45) is 0 Å². The van der Waals surface area contributed by atoms with Gasteiger partial charge in [-0.15, -0.1) is 0 Å². The third-order valence-corrected chi connectivity index (χ3v) is 3.65. The summed E-state index contributed by atoms with van der Waals surface area (Å²) in [6, 6.07) is 18.4. The average Bonchev–Trinajstić information content (AvgIpc) is 2.55. The Morgan fingerprint density at radius 1 is 1.00 bits per heavy atom. The summed E-state index contributed by atoms with van der Waals surface area (Å²) >= 11 is 0. The number of rotatable bonds is 4. The van der Waals surface area contributed by atoms with Crippen molar-refractivity contribution in [2.75, 3.05) is 7.05 Å². The smallest absolute Gasteiger partial charge is 0.136 e. The van der Waals surface area contributed by atoms with Gasteiger partial charge in [0, 0.05) is 17.6 Å². The molecule has 1 atom stereocenters. The Kier molecular flexibility index (Phi) is 3.84. The summed E-state index contributed by atoms with van der Waals surface area (Å²) in [6.45, 7) is 2.13. The first-order chi connectivity index (χ1) is 10.3. The van der Waals surface area contributed by atoms with Crippen molar-refractivity contribution in [1.82, 2.24) is 10.3 Å². The van der Waals surface area contributed by atoms with E-state index in [0.717, 1.165) is 22.4 Å². The summed E-state index contributed by atoms with van der Waals surface area (Å²) in [5.74, 6) is 1.66. The van der Waals surface area contributed by atoms with Crippen LogP contribution in [0, 0.1) is 0 Å². The molecule has 0 aliphatic rings. The molecule has 3 rings (SSSR count). The van der Waals surface area contributed by atoms with Gasteiger partial charge in [0.25, 0.3) is 0 Å². The average molecular weight is 278 g/mol. The largest absolute Gasteiger partial charge is 0.457 e. The van der Waals surface area contributed by atoms with Crippen molar-refractivity contribution in [1.29, 1.82) is 0 Å². The molecule has 0 aliphatic carbocycles. The predicted octanol–water partition coefficient (Wildman–Crippen LogP) is 4.31. The number of ether oxygens (including phenoxy) is 1. The summed E-state index contributed by atoms with van der Waals surface area (Å²) in [6.07, 6.45) is 1.79. The van der Waals surface area contributed by atoms with E-state index in [4.69, 9.17) is 4.74 Å². The van der Waals surface area contributed by atoms with Gasteiger partial charge in [-0.3, -0.25) is 4.98 Å². The van der Waals surface area contributed by atoms with Crippen LogP contribution in [0.3, 0.4) is 0 Å². The number of benzene rings is 2. The van der Waals surface area contributed by atoms with E-state index in [1.54, 1.807) is 6.20 Å². The maximum absolute atomic E-state index is 6.00. The first-order valence-electron chi connectivity index (χ1n) is 7.07. The SMILES string of the molecule is CNC(C)c1ccc(Oc2cccc3ncccc23)cc1. The molecule has 0 saturated carbocycles. The number of nitrogens with one attached hydrogen (secondary N) is 1. The van der Waals surface area contributed by atoms with E-state index >= 15 is 0 Å². The van der Waals surface area contributed by atoms with E-state index in [2.05, 4.69) is 29.4 Å². The van der Waals surface area contributed by atoms with Crippen LogP contribution in [0.1, 0.15) is 18.5 Å². The van der Waals surface area contributed by atoms with E-state index in [1.807, 2.05) is 49.5 Å². The minimum absolute atomic E-state index is 0.334. The van der Waals surface area contributed by atoms with E-state index in [9.17, 15) is 0 Å². The third kappa shape index (κ3) is 2.88. The molecule has 0 aliphatic heterocycles. The third-order valence-electron chi connectivity index (χ3n) is 3.65. The van der Waals surface area contributed by atoms with Gasteiger partial charge in [-0.05, 0) is 55.9 Å². The van der Waals surface area contributed by atoms with Crippen LogP contribution in [0.15, 0.2) is 60.8 Å². The second kappa shape index (κ2) is 5.94. The molecule has 3 heteroatoms. The fourth-order valence-corrected chi connectivity index (χ4v) is 2.28. The molecule has 0 amide bonds. The van der Waals surface area contributed by atoms with E-state index < -0.39 is 0 Å². The molecule has 0 bridgehead atoms. The minimum Gasteiger partial charge on any atom is -0.457 e. The lowest BCUT2D eigenvalue weighted by molar-refractivity contribution is 0.487. The summed E-state index contributed by atoms with van der Waals surface area (Å²) in [7, 11) is 1.96. The van der Waals surface area contributed by atoms with Crippen LogP contribution in [0.2, 0.25) is 0 Å². The molecule has 0 fully saturated rings. The van der Waals surface area contributed by atoms with Crippen LogP contribution in [-0.2, 0) is 0 Å². The van der Waals surface area contributed by atoms with Crippen LogP contribution in [0.4, 0.5) is 0 Å². The van der Waals surface area contributed by atoms with Crippen LogP contribution in [-0.4, -0.2) is 12.0 Å². The van der Waals surface area contributed by atoms with Crippen molar-refractivity contribution < 1.29 is 4.74 Å². The fraction of sp³-hybridized carbons (Fsp3) is 0.167. The zero-order valence-corrected chi connectivity index (χ0v) is 12.2. The number of pyridine rings is 1. The molecule has 21 heavy (non-hydrogen) atoms. The lowest BCUT2D eigenvalue weighted by Crippen LogP contribution is -2.11. The molecule has 1 N–H and O–H groups in total. The van der Waals surface area contributed by atoms with Gasteiger partial charge >= 0.3 is 0 Å². The molecule has 0 saturated heterocycles. The molecule has 3 aromatic rings. The van der Waals surface area contributed by atoms with Gasteiger partial charge in [0.15, 0.2) is 0 Å². The number of nitrogens with zero attached hydrogens (tertiary/aromatic N) is 1. The Balaban J connectivity index is 1.88.